The molecule has 2 heterocycles. The van der Waals surface area contributed by atoms with Crippen LogP contribution in [-0.4, -0.2) is 47.6 Å². The molecule has 5 nitrogen and oxygen atoms in total. The molecule has 1 saturated heterocycles. The van der Waals surface area contributed by atoms with E-state index in [1.54, 1.807) is 0 Å². The van der Waals surface area contributed by atoms with Crippen LogP contribution in [0.15, 0.2) is 72.9 Å². The minimum atomic E-state index is 0.793. The number of nitrogens with one attached hydrogen (secondary N) is 1. The minimum Gasteiger partial charge on any atom is -0.340 e. The first-order valence-electron chi connectivity index (χ1n) is 10.1. The predicted molar refractivity (Wildman–Crippen MR) is 121 cm³/mol. The highest BCUT2D eigenvalue weighted by molar-refractivity contribution is 5.57. The lowest BCUT2D eigenvalue weighted by molar-refractivity contribution is 0.283. The van der Waals surface area contributed by atoms with Crippen LogP contribution in [0.1, 0.15) is 11.1 Å². The molecule has 0 bridgehead atoms. The normalized spacial score (nSPS) is 15.0. The first-order chi connectivity index (χ1) is 14.3. The van der Waals surface area contributed by atoms with E-state index in [1.807, 2.05) is 18.3 Å². The number of anilines is 3. The third-order valence-electron chi connectivity index (χ3n) is 5.10. The van der Waals surface area contributed by atoms with Gasteiger partial charge in [-0.3, -0.25) is 4.90 Å². The molecule has 1 fully saturated rings. The van der Waals surface area contributed by atoms with Crippen LogP contribution in [0.4, 0.5) is 17.5 Å². The molecule has 0 atom stereocenters. The van der Waals surface area contributed by atoms with Gasteiger partial charge < -0.3 is 10.2 Å². The molecule has 0 saturated carbocycles. The van der Waals surface area contributed by atoms with Crippen molar-refractivity contribution in [2.45, 2.75) is 6.92 Å². The molecule has 1 N–H and O–H groups in total. The lowest BCUT2D eigenvalue weighted by Gasteiger charge is -2.34. The molecule has 0 spiro atoms. The molecule has 0 amide bonds. The molecule has 1 aliphatic heterocycles. The van der Waals surface area contributed by atoms with Crippen LogP contribution in [0.25, 0.3) is 6.08 Å². The van der Waals surface area contributed by atoms with E-state index >= 15 is 0 Å². The van der Waals surface area contributed by atoms with Gasteiger partial charge in [-0.2, -0.15) is 4.98 Å². The number of benzene rings is 2. The smallest absolute Gasteiger partial charge is 0.227 e. The third-order valence-corrected chi connectivity index (χ3v) is 5.10. The summed E-state index contributed by atoms with van der Waals surface area (Å²) in [5.74, 6) is 1.62. The monoisotopic (exact) mass is 385 g/mol. The van der Waals surface area contributed by atoms with Crippen molar-refractivity contribution >= 4 is 23.5 Å². The van der Waals surface area contributed by atoms with Crippen molar-refractivity contribution in [1.29, 1.82) is 0 Å². The summed E-state index contributed by atoms with van der Waals surface area (Å²) in [7, 11) is 0. The predicted octanol–water partition coefficient (Wildman–Crippen LogP) is 4.36. The van der Waals surface area contributed by atoms with E-state index < -0.39 is 0 Å². The fourth-order valence-electron chi connectivity index (χ4n) is 3.39. The lowest BCUT2D eigenvalue weighted by Crippen LogP contribution is -2.46. The molecular weight excluding hydrogens is 358 g/mol. The molecule has 148 valence electrons. The first-order valence-corrected chi connectivity index (χ1v) is 10.1. The van der Waals surface area contributed by atoms with Gasteiger partial charge in [-0.1, -0.05) is 60.2 Å². The van der Waals surface area contributed by atoms with Crippen LogP contribution in [0.2, 0.25) is 0 Å². The van der Waals surface area contributed by atoms with Crippen molar-refractivity contribution in [3.05, 3.63) is 84.1 Å². The van der Waals surface area contributed by atoms with Crippen LogP contribution in [0.5, 0.6) is 0 Å². The Hall–Kier alpha value is -3.18. The number of nitrogens with zero attached hydrogens (tertiary/aromatic N) is 4. The topological polar surface area (TPSA) is 44.3 Å². The molecule has 2 aromatic carbocycles. The molecular formula is C24H27N5. The van der Waals surface area contributed by atoms with E-state index in [-0.39, 0.29) is 0 Å². The van der Waals surface area contributed by atoms with Crippen LogP contribution < -0.4 is 10.2 Å². The van der Waals surface area contributed by atoms with Crippen LogP contribution >= 0.6 is 0 Å². The molecule has 29 heavy (non-hydrogen) atoms. The zero-order valence-corrected chi connectivity index (χ0v) is 16.8. The molecule has 0 unspecified atom stereocenters. The van der Waals surface area contributed by atoms with Crippen molar-refractivity contribution in [3.8, 4) is 0 Å². The second-order valence-electron chi connectivity index (χ2n) is 7.33. The zero-order valence-electron chi connectivity index (χ0n) is 16.8. The van der Waals surface area contributed by atoms with Gasteiger partial charge in [0.15, 0.2) is 0 Å². The van der Waals surface area contributed by atoms with Crippen molar-refractivity contribution in [3.63, 3.8) is 0 Å². The maximum Gasteiger partial charge on any atom is 0.227 e. The molecule has 1 aromatic heterocycles. The molecule has 1 aliphatic rings. The first kappa shape index (κ1) is 19.2. The Morgan fingerprint density at radius 2 is 1.69 bits per heavy atom. The third kappa shape index (κ3) is 5.42. The molecule has 0 radical (unpaired) electrons. The van der Waals surface area contributed by atoms with E-state index in [4.69, 9.17) is 4.98 Å². The summed E-state index contributed by atoms with van der Waals surface area (Å²) < 4.78 is 0. The Labute approximate surface area is 172 Å². The number of piperazine rings is 1. The van der Waals surface area contributed by atoms with Gasteiger partial charge in [0.05, 0.1) is 0 Å². The summed E-state index contributed by atoms with van der Waals surface area (Å²) in [6, 6.07) is 20.7. The van der Waals surface area contributed by atoms with E-state index in [0.29, 0.717) is 0 Å². The second kappa shape index (κ2) is 9.34. The second-order valence-corrected chi connectivity index (χ2v) is 7.33. The van der Waals surface area contributed by atoms with Crippen molar-refractivity contribution in [2.75, 3.05) is 42.9 Å². The summed E-state index contributed by atoms with van der Waals surface area (Å²) in [5, 5.41) is 3.37. The maximum absolute atomic E-state index is 4.71. The quantitative estimate of drug-likeness (QED) is 0.683. The number of rotatable bonds is 6. The number of aryl methyl sites for hydroxylation is 1. The molecule has 5 heteroatoms. The summed E-state index contributed by atoms with van der Waals surface area (Å²) >= 11 is 0. The highest BCUT2D eigenvalue weighted by Crippen LogP contribution is 2.18. The van der Waals surface area contributed by atoms with Crippen LogP contribution in [0, 0.1) is 6.92 Å². The van der Waals surface area contributed by atoms with Crippen molar-refractivity contribution in [2.24, 2.45) is 0 Å². The van der Waals surface area contributed by atoms with Gasteiger partial charge in [0, 0.05) is 44.6 Å². The summed E-state index contributed by atoms with van der Waals surface area (Å²) in [4.78, 5) is 13.9. The molecule has 0 aliphatic carbocycles. The van der Waals surface area contributed by atoms with Gasteiger partial charge in [-0.05, 0) is 30.7 Å². The summed E-state index contributed by atoms with van der Waals surface area (Å²) in [6.07, 6.45) is 6.26. The van der Waals surface area contributed by atoms with Crippen LogP contribution in [0.3, 0.4) is 0 Å². The lowest BCUT2D eigenvalue weighted by atomic mass is 10.2. The highest BCUT2D eigenvalue weighted by Gasteiger charge is 2.18. The number of aromatic nitrogens is 2. The maximum atomic E-state index is 4.71. The fraction of sp³-hybridized carbons (Fsp3) is 0.250. The highest BCUT2D eigenvalue weighted by atomic mass is 15.3. The number of hydrogen-bond donors (Lipinski definition) is 1. The SMILES string of the molecule is Cc1ccc(Nc2ccnc(N3CCN(C/C=C/c4ccccc4)CC3)n2)cc1. The molecule has 4 rings (SSSR count). The Morgan fingerprint density at radius 3 is 2.45 bits per heavy atom. The minimum absolute atomic E-state index is 0.793. The Morgan fingerprint density at radius 1 is 0.931 bits per heavy atom. The van der Waals surface area contributed by atoms with E-state index in [0.717, 1.165) is 50.2 Å². The Bertz CT molecular complexity index is 929. The Kier molecular flexibility index (Phi) is 6.17. The average molecular weight is 386 g/mol. The van der Waals surface area contributed by atoms with Gasteiger partial charge in [0.2, 0.25) is 5.95 Å². The average Bonchev–Trinajstić information content (AvgIpc) is 2.77. The van der Waals surface area contributed by atoms with E-state index in [9.17, 15) is 0 Å². The van der Waals surface area contributed by atoms with E-state index in [1.165, 1.54) is 11.1 Å². The van der Waals surface area contributed by atoms with Crippen molar-refractivity contribution in [1.82, 2.24) is 14.9 Å². The standard InChI is InChI=1S/C24H27N5/c1-20-9-11-22(12-10-20)26-23-13-14-25-24(27-23)29-18-16-28(17-19-29)15-5-8-21-6-3-2-4-7-21/h2-14H,15-19H2,1H3,(H,25,26,27)/b8-5+. The fourth-order valence-corrected chi connectivity index (χ4v) is 3.39. The van der Waals surface area contributed by atoms with Crippen LogP contribution in [-0.2, 0) is 0 Å². The summed E-state index contributed by atoms with van der Waals surface area (Å²) in [5.41, 5.74) is 3.53. The van der Waals surface area contributed by atoms with Gasteiger partial charge in [-0.15, -0.1) is 0 Å². The van der Waals surface area contributed by atoms with Gasteiger partial charge in [0.1, 0.15) is 5.82 Å². The zero-order chi connectivity index (χ0) is 19.9. The van der Waals surface area contributed by atoms with Crippen molar-refractivity contribution < 1.29 is 0 Å². The van der Waals surface area contributed by atoms with Gasteiger partial charge >= 0.3 is 0 Å². The molecule has 3 aromatic rings. The van der Waals surface area contributed by atoms with Gasteiger partial charge in [-0.25, -0.2) is 4.98 Å². The Balaban J connectivity index is 1.30. The van der Waals surface area contributed by atoms with E-state index in [2.05, 4.69) is 87.7 Å². The number of hydrogen-bond acceptors (Lipinski definition) is 5. The summed E-state index contributed by atoms with van der Waals surface area (Å²) in [6.45, 7) is 6.96. The largest absolute Gasteiger partial charge is 0.340 e. The van der Waals surface area contributed by atoms with Gasteiger partial charge in [0.25, 0.3) is 0 Å².